The van der Waals surface area contributed by atoms with Crippen LogP contribution in [0.15, 0.2) is 441 Å². The molecule has 29 aromatic rings. The Hall–Kier alpha value is -18.8. The van der Waals surface area contributed by atoms with Crippen LogP contribution < -0.4 is 38.7 Å². The van der Waals surface area contributed by atoms with E-state index in [2.05, 4.69) is 231 Å². The van der Waals surface area contributed by atoms with Crippen molar-refractivity contribution >= 4 is 258 Å². The molecule has 149 heavy (non-hydrogen) atoms. The van der Waals surface area contributed by atoms with Gasteiger partial charge in [-0.15, -0.1) is 34.0 Å². The van der Waals surface area contributed by atoms with E-state index >= 15 is 9.59 Å². The van der Waals surface area contributed by atoms with Crippen molar-refractivity contribution in [3.63, 3.8) is 0 Å². The van der Waals surface area contributed by atoms with Gasteiger partial charge in [0.2, 0.25) is 0 Å². The zero-order chi connectivity index (χ0) is 100. The molecular weight excluding hydrogens is 1900 g/mol. The molecule has 0 atom stereocenters. The first-order valence-electron chi connectivity index (χ1n) is 49.3. The third kappa shape index (κ3) is 13.6. The summed E-state index contributed by atoms with van der Waals surface area (Å²) in [4.78, 5) is 93.0. The Bertz CT molecular complexity index is 11500. The molecule has 0 fully saturated rings. The van der Waals surface area contributed by atoms with Gasteiger partial charge in [0, 0.05) is 150 Å². The van der Waals surface area contributed by atoms with Crippen LogP contribution >= 0.6 is 34.0 Å². The van der Waals surface area contributed by atoms with Crippen LogP contribution in [-0.2, 0) is 5.41 Å². The van der Waals surface area contributed by atoms with Gasteiger partial charge in [-0.3, -0.25) is 28.8 Å². The van der Waals surface area contributed by atoms with E-state index < -0.39 is 16.9 Å². The highest BCUT2D eigenvalue weighted by atomic mass is 32.1. The fourth-order valence-electron chi connectivity index (χ4n) is 23.0. The molecule has 706 valence electrons. The van der Waals surface area contributed by atoms with E-state index in [4.69, 9.17) is 6.57 Å². The molecule has 0 bridgehead atoms. The Morgan fingerprint density at radius 3 is 1.15 bits per heavy atom. The van der Waals surface area contributed by atoms with Gasteiger partial charge in [-0.2, -0.15) is 0 Å². The van der Waals surface area contributed by atoms with E-state index in [0.717, 1.165) is 187 Å². The van der Waals surface area contributed by atoms with Crippen LogP contribution in [0.4, 0.5) is 10.1 Å². The summed E-state index contributed by atoms with van der Waals surface area (Å²) in [5, 5.41) is 24.5. The Kier molecular flexibility index (Phi) is 20.0. The highest BCUT2D eigenvalue weighted by Crippen LogP contribution is 2.48. The molecule has 0 spiro atoms. The minimum Gasteiger partial charge on any atom is -0.386 e. The number of hydrogen-bond acceptors (Lipinski definition) is 10. The first kappa shape index (κ1) is 87.9. The third-order valence-electron chi connectivity index (χ3n) is 29.8. The molecule has 15 nitrogen and oxygen atoms in total. The van der Waals surface area contributed by atoms with E-state index in [1.807, 2.05) is 200 Å². The number of nitrogens with zero attached hydrogens (tertiary/aromatic N) is 8. The van der Waals surface area contributed by atoms with Crippen molar-refractivity contribution in [2.24, 2.45) is 0 Å². The Labute approximate surface area is 857 Å². The van der Waals surface area contributed by atoms with E-state index in [0.29, 0.717) is 72.4 Å². The predicted molar refractivity (Wildman–Crippen MR) is 621 cm³/mol. The monoisotopic (exact) mass is 1980 g/mol. The van der Waals surface area contributed by atoms with Gasteiger partial charge < -0.3 is 23.6 Å². The van der Waals surface area contributed by atoms with Crippen molar-refractivity contribution in [1.29, 1.82) is 0 Å². The van der Waals surface area contributed by atoms with Gasteiger partial charge in [-0.25, -0.2) is 22.9 Å². The average Bonchev–Trinajstić information content (AvgIpc) is 1.56. The summed E-state index contributed by atoms with van der Waals surface area (Å²) in [7, 11) is 0. The number of rotatable bonds is 7. The lowest BCUT2D eigenvalue weighted by Gasteiger charge is -2.19. The molecule has 0 saturated carbocycles. The Morgan fingerprint density at radius 2 is 0.638 bits per heavy atom. The van der Waals surface area contributed by atoms with Crippen molar-refractivity contribution in [3.8, 4) is 34.1 Å². The number of nitrogens with one attached hydrogen (secondary N) is 1. The van der Waals surface area contributed by atoms with Crippen LogP contribution in [0, 0.1) is 12.4 Å². The van der Waals surface area contributed by atoms with Crippen LogP contribution in [0.2, 0.25) is 0 Å². The minimum absolute atomic E-state index is 0.0928. The maximum atomic E-state index is 15.5. The van der Waals surface area contributed by atoms with Gasteiger partial charge in [-0.05, 0) is 231 Å². The Balaban J connectivity index is 0.000000109. The molecule has 1 N–H and O–H groups in total. The highest BCUT2D eigenvalue weighted by molar-refractivity contribution is 7.27. The molecule has 0 radical (unpaired) electrons. The fraction of sp³-hybridized carbons (Fsp3) is 0.0385. The van der Waals surface area contributed by atoms with Gasteiger partial charge in [0.25, 0.3) is 33.4 Å². The Morgan fingerprint density at radius 1 is 0.262 bits per heavy atom. The molecule has 19 aromatic carbocycles. The standard InChI is InChI=1S/C54H37N3O2S.C38H21FN2O2S.C38H22N4O2S/c1-54(2,3)32-21-23-34(24-22-32)57-52(58)44-30-42-38-17-9-12-20-47(38)55(33-13-5-4-6-14-33)48(42)31-41(44)39-26-27-40-43-29-35(25-28-49(43)60-51(40)50(39)53(57)59)56-45-18-10-7-15-36(45)37-16-8-11-19-46(37)56;39-22-14-16-24(17-15-22)41-37(42)31-20-30-25-10-4-6-12-32(25)40(23-8-2-1-3-9-23)33(30)21-29(31)27-18-19-28-26-11-5-7-13-34(26)44-36(28)35(27)38(41)43;1-39-22-13-14-25-29-19-30-28(20-34(29)45-33(25)18-22)26-15-16-32-35(36(26)38(44)42(37(30)43)24-10-7-17-40-21-24)27-11-5-6-12-31(27)41(32)23-8-3-2-4-9-23/h4-31H,1-3H3;1-21H;2-16,18-21,40H,17H2. The van der Waals surface area contributed by atoms with Crippen molar-refractivity contribution < 1.29 is 4.39 Å². The van der Waals surface area contributed by atoms with Gasteiger partial charge in [0.1, 0.15) is 5.82 Å². The van der Waals surface area contributed by atoms with Gasteiger partial charge in [0.15, 0.2) is 5.69 Å². The molecule has 0 amide bonds. The van der Waals surface area contributed by atoms with E-state index in [-0.39, 0.29) is 27.7 Å². The highest BCUT2D eigenvalue weighted by Gasteiger charge is 2.29. The number of thiophene rings is 3. The number of benzene rings is 19. The van der Waals surface area contributed by atoms with E-state index in [1.165, 1.54) is 48.7 Å². The number of aromatic nitrogens is 7. The number of para-hydroxylation sites is 8. The third-order valence-corrected chi connectivity index (χ3v) is 33.3. The lowest BCUT2D eigenvalue weighted by molar-refractivity contribution is 0.590. The topological polar surface area (TPSA) is 153 Å². The molecule has 19 heteroatoms. The minimum atomic E-state index is -0.444. The quantitative estimate of drug-likeness (QED) is 0.156. The lowest BCUT2D eigenvalue weighted by atomic mass is 9.87. The zero-order valence-corrected chi connectivity index (χ0v) is 82.5. The number of fused-ring (bicyclic) bond motifs is 33. The largest absolute Gasteiger partial charge is 0.386 e. The SMILES string of the molecule is CC(C)(C)c1ccc(-n2c(=O)c3cc4c5ccccc5n(-c5ccccc5)c4cc3c3ccc4c5cc(-n6c7ccccc7c7ccccc76)ccc5sc4c3c2=O)cc1.O=c1c2cc3c4ccccc4n(-c4ccccc4)c3cc2c2ccc3c4ccccc4sc3c2c(=O)n1-c1ccc(F)cc1.[C-]#[N+]c1ccc2c(c1)sc1cc3c(cc12)c(=O)n(C1=CNCC=C1)c(=O)c1c3ccc2c1c1ccccc1n2-c1ccccc1. The second-order valence-electron chi connectivity index (χ2n) is 39.0. The molecule has 30 rings (SSSR count). The summed E-state index contributed by atoms with van der Waals surface area (Å²) in [5.74, 6) is -0.438. The molecular formula is C130H80FN9O6S3. The van der Waals surface area contributed by atoms with Crippen molar-refractivity contribution in [1.82, 2.24) is 37.3 Å². The van der Waals surface area contributed by atoms with Crippen molar-refractivity contribution in [2.75, 3.05) is 6.54 Å². The van der Waals surface area contributed by atoms with Crippen LogP contribution in [0.25, 0.3) is 257 Å². The van der Waals surface area contributed by atoms with Crippen LogP contribution in [-0.4, -0.2) is 38.5 Å². The van der Waals surface area contributed by atoms with Gasteiger partial charge >= 0.3 is 0 Å². The number of allylic oxidation sites excluding steroid dienone is 2. The fourth-order valence-corrected chi connectivity index (χ4v) is 26.6. The smallest absolute Gasteiger partial charge is 0.267 e. The second kappa shape index (κ2) is 33.9. The van der Waals surface area contributed by atoms with Crippen LogP contribution in [0.5, 0.6) is 0 Å². The average molecular weight is 1980 g/mol. The normalized spacial score (nSPS) is 12.5. The van der Waals surface area contributed by atoms with E-state index in [1.54, 1.807) is 40.2 Å². The first-order valence-corrected chi connectivity index (χ1v) is 51.7. The lowest BCUT2D eigenvalue weighted by Crippen LogP contribution is -2.30. The van der Waals surface area contributed by atoms with Crippen molar-refractivity contribution in [2.45, 2.75) is 26.2 Å². The molecule has 0 unspecified atom stereocenters. The van der Waals surface area contributed by atoms with Gasteiger partial charge in [-0.1, -0.05) is 245 Å². The van der Waals surface area contributed by atoms with E-state index in [9.17, 15) is 23.6 Å². The maximum absolute atomic E-state index is 15.5. The maximum Gasteiger partial charge on any atom is 0.267 e. The molecule has 1 aliphatic heterocycles. The first-order chi connectivity index (χ1) is 72.9. The summed E-state index contributed by atoms with van der Waals surface area (Å²) in [6.07, 6.45) is 5.47. The predicted octanol–water partition coefficient (Wildman–Crippen LogP) is 31.0. The van der Waals surface area contributed by atoms with Crippen LogP contribution in [0.3, 0.4) is 0 Å². The van der Waals surface area contributed by atoms with Gasteiger partial charge in [0.05, 0.1) is 83.9 Å². The molecule has 0 saturated heterocycles. The number of hydrogen-bond donors (Lipinski definition) is 1. The summed E-state index contributed by atoms with van der Waals surface area (Å²) in [6.45, 7) is 14.6. The summed E-state index contributed by atoms with van der Waals surface area (Å²) in [5.41, 5.74) is 12.9. The molecule has 11 heterocycles. The molecule has 10 aromatic heterocycles. The summed E-state index contributed by atoms with van der Waals surface area (Å²) < 4.78 is 32.7. The van der Waals surface area contributed by atoms with Crippen LogP contribution in [0.1, 0.15) is 26.3 Å². The number of dihydropyridines is 1. The molecule has 0 aliphatic carbocycles. The second-order valence-corrected chi connectivity index (χ2v) is 42.2. The molecule has 1 aliphatic rings. The zero-order valence-electron chi connectivity index (χ0n) is 80.1. The summed E-state index contributed by atoms with van der Waals surface area (Å²) >= 11 is 4.76. The number of halogens is 1. The summed E-state index contributed by atoms with van der Waals surface area (Å²) in [6, 6.07) is 130. The van der Waals surface area contributed by atoms with Crippen molar-refractivity contribution in [3.05, 3.63) is 498 Å².